The van der Waals surface area contributed by atoms with Gasteiger partial charge in [-0.15, -0.1) is 0 Å². The highest BCUT2D eigenvalue weighted by Crippen LogP contribution is 2.11. The third-order valence-electron chi connectivity index (χ3n) is 4.96. The number of nitrogens with zero attached hydrogens (tertiary/aromatic N) is 1. The highest BCUT2D eigenvalue weighted by molar-refractivity contribution is 4.64. The first-order valence-electron chi connectivity index (χ1n) is 10.9. The summed E-state index contributed by atoms with van der Waals surface area (Å²) >= 11 is 0. The summed E-state index contributed by atoms with van der Waals surface area (Å²) in [7, 11) is 0. The first kappa shape index (κ1) is 23.0. The van der Waals surface area contributed by atoms with E-state index in [1.807, 2.05) is 0 Å². The normalized spacial score (nSPS) is 11.5. The lowest BCUT2D eigenvalue weighted by molar-refractivity contribution is 0.316. The van der Waals surface area contributed by atoms with Crippen molar-refractivity contribution in [2.75, 3.05) is 13.1 Å². The molecule has 1 heteroatoms. The van der Waals surface area contributed by atoms with Crippen LogP contribution in [0.25, 0.3) is 0 Å². The Labute approximate surface area is 148 Å². The lowest BCUT2D eigenvalue weighted by Gasteiger charge is -2.19. The first-order valence-corrected chi connectivity index (χ1v) is 10.9. The molecule has 0 bridgehead atoms. The van der Waals surface area contributed by atoms with Gasteiger partial charge in [-0.05, 0) is 32.9 Å². The second-order valence-electron chi connectivity index (χ2n) is 7.24. The number of hydrogen-bond donors (Lipinski definition) is 0. The summed E-state index contributed by atoms with van der Waals surface area (Å²) < 4.78 is 0. The van der Waals surface area contributed by atoms with Gasteiger partial charge in [0.25, 0.3) is 0 Å². The minimum Gasteiger partial charge on any atom is -0.299 e. The van der Waals surface area contributed by atoms with Crippen LogP contribution < -0.4 is 0 Å². The minimum atomic E-state index is 1.28. The highest BCUT2D eigenvalue weighted by Gasteiger charge is 2.02. The fourth-order valence-electron chi connectivity index (χ4n) is 3.27. The molecule has 1 radical (unpaired) electrons. The fourth-order valence-corrected chi connectivity index (χ4v) is 3.27. The summed E-state index contributed by atoms with van der Waals surface area (Å²) in [4.78, 5) is 2.55. The maximum atomic E-state index is 2.55. The Morgan fingerprint density at radius 2 is 0.783 bits per heavy atom. The molecular weight excluding hydrogens is 278 g/mol. The van der Waals surface area contributed by atoms with Crippen molar-refractivity contribution < 1.29 is 0 Å². The largest absolute Gasteiger partial charge is 0.299 e. The van der Waals surface area contributed by atoms with E-state index in [4.69, 9.17) is 0 Å². The van der Waals surface area contributed by atoms with E-state index in [9.17, 15) is 0 Å². The van der Waals surface area contributed by atoms with Crippen LogP contribution in [0.1, 0.15) is 124 Å². The molecule has 0 aliphatic rings. The molecule has 0 rings (SSSR count). The average molecular weight is 325 g/mol. The maximum Gasteiger partial charge on any atom is 0.0220 e. The van der Waals surface area contributed by atoms with Gasteiger partial charge in [-0.3, -0.25) is 4.90 Å². The van der Waals surface area contributed by atoms with Gasteiger partial charge in [-0.2, -0.15) is 0 Å². The smallest absolute Gasteiger partial charge is 0.0220 e. The second-order valence-corrected chi connectivity index (χ2v) is 7.24. The molecule has 1 nitrogen and oxygen atoms in total. The van der Waals surface area contributed by atoms with E-state index in [1.165, 1.54) is 116 Å². The van der Waals surface area contributed by atoms with Gasteiger partial charge in [0.05, 0.1) is 0 Å². The Hall–Kier alpha value is -0.0400. The topological polar surface area (TPSA) is 3.24 Å². The highest BCUT2D eigenvalue weighted by atomic mass is 15.1. The molecule has 23 heavy (non-hydrogen) atoms. The molecular formula is C22H46N. The van der Waals surface area contributed by atoms with Gasteiger partial charge >= 0.3 is 0 Å². The zero-order chi connectivity index (χ0) is 17.0. The number of hydrogen-bond acceptors (Lipinski definition) is 1. The predicted octanol–water partition coefficient (Wildman–Crippen LogP) is 7.75. The van der Waals surface area contributed by atoms with Crippen LogP contribution in [-0.2, 0) is 0 Å². The van der Waals surface area contributed by atoms with E-state index in [1.54, 1.807) is 0 Å². The molecule has 0 aromatic carbocycles. The fraction of sp³-hybridized carbons (Fsp3) is 0.955. The van der Waals surface area contributed by atoms with Crippen LogP contribution >= 0.6 is 0 Å². The standard InChI is InChI=1S/C22H46N/c1-4-7-9-11-13-15-17-19-21-23(6-3)22-20-18-16-14-12-10-8-5-2/h6H,4-5,7-22H2,1-3H3. The lowest BCUT2D eigenvalue weighted by Crippen LogP contribution is -2.22. The van der Waals surface area contributed by atoms with E-state index in [-0.39, 0.29) is 0 Å². The van der Waals surface area contributed by atoms with Crippen LogP contribution in [0.4, 0.5) is 0 Å². The van der Waals surface area contributed by atoms with Gasteiger partial charge in [0, 0.05) is 6.54 Å². The Kier molecular flexibility index (Phi) is 20.0. The maximum absolute atomic E-state index is 2.55. The molecule has 0 aromatic rings. The monoisotopic (exact) mass is 324 g/mol. The van der Waals surface area contributed by atoms with Crippen LogP contribution in [-0.4, -0.2) is 18.0 Å². The van der Waals surface area contributed by atoms with Crippen molar-refractivity contribution in [3.63, 3.8) is 0 Å². The third kappa shape index (κ3) is 18.1. The lowest BCUT2D eigenvalue weighted by atomic mass is 10.1. The van der Waals surface area contributed by atoms with Crippen molar-refractivity contribution in [1.29, 1.82) is 0 Å². The molecule has 0 aliphatic heterocycles. The Bertz CT molecular complexity index is 182. The third-order valence-corrected chi connectivity index (χ3v) is 4.96. The first-order chi connectivity index (χ1) is 11.3. The van der Waals surface area contributed by atoms with Crippen LogP contribution in [0.5, 0.6) is 0 Å². The van der Waals surface area contributed by atoms with Crippen LogP contribution in [0.15, 0.2) is 0 Å². The summed E-state index contributed by atoms with van der Waals surface area (Å²) in [6.07, 6.45) is 22.8. The Balaban J connectivity index is 3.29. The molecule has 139 valence electrons. The SMILES string of the molecule is C[CH]N(CCCCCCCCCC)CCCCCCCCCC. The molecule has 0 unspecified atom stereocenters. The summed E-state index contributed by atoms with van der Waals surface area (Å²) in [5.74, 6) is 0. The van der Waals surface area contributed by atoms with E-state index in [2.05, 4.69) is 32.2 Å². The van der Waals surface area contributed by atoms with Crippen molar-refractivity contribution in [1.82, 2.24) is 4.90 Å². The minimum absolute atomic E-state index is 1.28. The van der Waals surface area contributed by atoms with Crippen molar-refractivity contribution in [2.24, 2.45) is 0 Å². The quantitative estimate of drug-likeness (QED) is 0.219. The van der Waals surface area contributed by atoms with Gasteiger partial charge < -0.3 is 0 Å². The molecule has 0 amide bonds. The van der Waals surface area contributed by atoms with Crippen LogP contribution in [0, 0.1) is 6.54 Å². The van der Waals surface area contributed by atoms with Gasteiger partial charge in [0.1, 0.15) is 0 Å². The Morgan fingerprint density at radius 3 is 1.09 bits per heavy atom. The van der Waals surface area contributed by atoms with Gasteiger partial charge in [-0.1, -0.05) is 104 Å². The molecule has 0 heterocycles. The van der Waals surface area contributed by atoms with Crippen LogP contribution in [0.2, 0.25) is 0 Å². The molecule has 0 saturated heterocycles. The zero-order valence-electron chi connectivity index (χ0n) is 16.8. The molecule has 0 N–H and O–H groups in total. The van der Waals surface area contributed by atoms with Crippen molar-refractivity contribution in [3.8, 4) is 0 Å². The molecule has 0 aromatic heterocycles. The average Bonchev–Trinajstić information content (AvgIpc) is 2.57. The van der Waals surface area contributed by atoms with Crippen molar-refractivity contribution >= 4 is 0 Å². The summed E-state index contributed by atoms with van der Waals surface area (Å²) in [5.41, 5.74) is 0. The van der Waals surface area contributed by atoms with E-state index in [0.29, 0.717) is 0 Å². The summed E-state index contributed by atoms with van der Waals surface area (Å²) in [6.45, 7) is 11.7. The predicted molar refractivity (Wildman–Crippen MR) is 107 cm³/mol. The molecule has 0 spiro atoms. The second kappa shape index (κ2) is 20.0. The van der Waals surface area contributed by atoms with Crippen LogP contribution in [0.3, 0.4) is 0 Å². The van der Waals surface area contributed by atoms with E-state index in [0.717, 1.165) is 0 Å². The van der Waals surface area contributed by atoms with E-state index >= 15 is 0 Å². The molecule has 0 aliphatic carbocycles. The van der Waals surface area contributed by atoms with Gasteiger partial charge in [0.2, 0.25) is 0 Å². The zero-order valence-corrected chi connectivity index (χ0v) is 16.8. The number of unbranched alkanes of at least 4 members (excludes halogenated alkanes) is 14. The molecule has 0 atom stereocenters. The summed E-state index contributed by atoms with van der Waals surface area (Å²) in [5, 5.41) is 0. The van der Waals surface area contributed by atoms with Gasteiger partial charge in [-0.25, -0.2) is 0 Å². The van der Waals surface area contributed by atoms with Crippen molar-refractivity contribution in [2.45, 2.75) is 124 Å². The summed E-state index contributed by atoms with van der Waals surface area (Å²) in [6, 6.07) is 0. The molecule has 0 saturated carbocycles. The van der Waals surface area contributed by atoms with Crippen molar-refractivity contribution in [3.05, 3.63) is 6.54 Å². The Morgan fingerprint density at radius 1 is 0.478 bits per heavy atom. The van der Waals surface area contributed by atoms with E-state index < -0.39 is 0 Å². The number of rotatable bonds is 19. The molecule has 0 fully saturated rings. The van der Waals surface area contributed by atoms with Gasteiger partial charge in [0.15, 0.2) is 0 Å².